The van der Waals surface area contributed by atoms with Crippen molar-refractivity contribution in [1.29, 1.82) is 0 Å². The summed E-state index contributed by atoms with van der Waals surface area (Å²) in [5, 5.41) is 12.9. The van der Waals surface area contributed by atoms with Crippen LogP contribution in [0.1, 0.15) is 22.9 Å². The Labute approximate surface area is 298 Å². The van der Waals surface area contributed by atoms with Gasteiger partial charge in [0.2, 0.25) is 0 Å². The third kappa shape index (κ3) is 4.49. The Morgan fingerprint density at radius 1 is 0.462 bits per heavy atom. The van der Waals surface area contributed by atoms with E-state index in [1.165, 1.54) is 21.5 Å². The van der Waals surface area contributed by atoms with Crippen molar-refractivity contribution in [2.75, 3.05) is 0 Å². The van der Waals surface area contributed by atoms with Gasteiger partial charge in [0.05, 0.1) is 5.56 Å². The number of nitrogens with one attached hydrogen (secondary N) is 1. The maximum Gasteiger partial charge on any atom is 0.159 e. The average Bonchev–Trinajstić information content (AvgIpc) is 3.79. The van der Waals surface area contributed by atoms with Gasteiger partial charge in [0, 0.05) is 32.7 Å². The third-order valence-electron chi connectivity index (χ3n) is 10.3. The van der Waals surface area contributed by atoms with Crippen LogP contribution in [0.25, 0.3) is 76.5 Å². The number of furan rings is 2. The number of amidine groups is 2. The Balaban J connectivity index is 1.07. The van der Waals surface area contributed by atoms with Gasteiger partial charge < -0.3 is 14.2 Å². The Kier molecular flexibility index (Phi) is 6.25. The Bertz CT molecular complexity index is 3110. The van der Waals surface area contributed by atoms with Crippen LogP contribution in [0.15, 0.2) is 183 Å². The summed E-state index contributed by atoms with van der Waals surface area (Å²) < 4.78 is 12.9. The van der Waals surface area contributed by atoms with E-state index in [2.05, 4.69) is 121 Å². The molecule has 1 aliphatic heterocycles. The summed E-state index contributed by atoms with van der Waals surface area (Å²) in [6, 6.07) is 57.0. The molecule has 0 fully saturated rings. The van der Waals surface area contributed by atoms with Gasteiger partial charge in [0.1, 0.15) is 34.3 Å². The van der Waals surface area contributed by atoms with Crippen molar-refractivity contribution >= 4 is 77.1 Å². The SMILES string of the molecule is c1ccc(C2=NC(c3cccc4oc5ccc(-c6ccc7c(ccc8ccccc87)c6)cc5c34)NC(c3cccc4c3oc3ccccc34)=N2)cc1. The van der Waals surface area contributed by atoms with E-state index in [4.69, 9.17) is 18.8 Å². The summed E-state index contributed by atoms with van der Waals surface area (Å²) in [5.41, 5.74) is 8.42. The number of nitrogens with zero attached hydrogens (tertiary/aromatic N) is 2. The molecule has 1 unspecified atom stereocenters. The van der Waals surface area contributed by atoms with Gasteiger partial charge in [-0.2, -0.15) is 0 Å². The first kappa shape index (κ1) is 28.8. The molecular weight excluding hydrogens is 639 g/mol. The number of para-hydroxylation sites is 2. The van der Waals surface area contributed by atoms with Gasteiger partial charge in [-0.1, -0.05) is 127 Å². The van der Waals surface area contributed by atoms with E-state index in [0.717, 1.165) is 71.7 Å². The summed E-state index contributed by atoms with van der Waals surface area (Å²) in [7, 11) is 0. The Morgan fingerprint density at radius 3 is 2.12 bits per heavy atom. The largest absolute Gasteiger partial charge is 0.456 e. The van der Waals surface area contributed by atoms with E-state index in [9.17, 15) is 0 Å². The fourth-order valence-electron chi connectivity index (χ4n) is 7.85. The number of fused-ring (bicyclic) bond motifs is 9. The molecule has 0 spiro atoms. The molecule has 1 N–H and O–H groups in total. The van der Waals surface area contributed by atoms with E-state index < -0.39 is 6.17 Å². The Morgan fingerprint density at radius 2 is 1.17 bits per heavy atom. The predicted octanol–water partition coefficient (Wildman–Crippen LogP) is 12.0. The van der Waals surface area contributed by atoms with Crippen molar-refractivity contribution in [2.45, 2.75) is 6.17 Å². The van der Waals surface area contributed by atoms with Crippen molar-refractivity contribution < 1.29 is 8.83 Å². The van der Waals surface area contributed by atoms with Crippen molar-refractivity contribution in [3.63, 3.8) is 0 Å². The highest BCUT2D eigenvalue weighted by Crippen LogP contribution is 2.39. The summed E-state index contributed by atoms with van der Waals surface area (Å²) in [5.74, 6) is 1.36. The molecule has 244 valence electrons. The third-order valence-corrected chi connectivity index (χ3v) is 10.3. The van der Waals surface area contributed by atoms with E-state index in [0.29, 0.717) is 11.7 Å². The smallest absolute Gasteiger partial charge is 0.159 e. The van der Waals surface area contributed by atoms with Crippen LogP contribution in [-0.2, 0) is 0 Å². The topological polar surface area (TPSA) is 63.0 Å². The van der Waals surface area contributed by atoms with E-state index in [-0.39, 0.29) is 0 Å². The van der Waals surface area contributed by atoms with Crippen LogP contribution < -0.4 is 5.32 Å². The van der Waals surface area contributed by atoms with Gasteiger partial charge in [-0.25, -0.2) is 9.98 Å². The molecule has 10 aromatic rings. The van der Waals surface area contributed by atoms with Crippen LogP contribution in [-0.4, -0.2) is 11.7 Å². The lowest BCUT2D eigenvalue weighted by Crippen LogP contribution is -2.33. The standard InChI is InChI=1S/C47H29N3O2/c1-2-11-29(12-3-1)45-48-46(50-47(49-45)38-17-8-15-36-35-14-6-7-18-40(35)52-44(36)38)37-16-9-19-42-43(37)39-27-31(23-25-41(39)51-42)30-22-24-34-32(26-30)21-20-28-10-4-5-13-33(28)34/h1-27,46H,(H,48,49,50). The lowest BCUT2D eigenvalue weighted by molar-refractivity contribution is 0.657. The molecule has 0 aliphatic carbocycles. The van der Waals surface area contributed by atoms with Gasteiger partial charge in [-0.3, -0.25) is 0 Å². The second-order valence-electron chi connectivity index (χ2n) is 13.4. The molecule has 1 aliphatic rings. The molecule has 0 amide bonds. The first-order valence-corrected chi connectivity index (χ1v) is 17.5. The van der Waals surface area contributed by atoms with Crippen LogP contribution >= 0.6 is 0 Å². The zero-order chi connectivity index (χ0) is 34.2. The zero-order valence-electron chi connectivity index (χ0n) is 27.9. The van der Waals surface area contributed by atoms with Crippen molar-refractivity contribution in [3.05, 3.63) is 180 Å². The summed E-state index contributed by atoms with van der Waals surface area (Å²) in [6.07, 6.45) is -0.440. The van der Waals surface area contributed by atoms with Crippen molar-refractivity contribution in [2.24, 2.45) is 9.98 Å². The molecule has 3 heterocycles. The fourth-order valence-corrected chi connectivity index (χ4v) is 7.85. The van der Waals surface area contributed by atoms with Crippen LogP contribution in [0.5, 0.6) is 0 Å². The molecule has 2 aromatic heterocycles. The lowest BCUT2D eigenvalue weighted by atomic mass is 9.96. The van der Waals surface area contributed by atoms with Gasteiger partial charge in [0.25, 0.3) is 0 Å². The number of hydrogen-bond donors (Lipinski definition) is 1. The summed E-state index contributed by atoms with van der Waals surface area (Å²) in [6.45, 7) is 0. The molecule has 8 aromatic carbocycles. The molecule has 0 saturated carbocycles. The predicted molar refractivity (Wildman–Crippen MR) is 213 cm³/mol. The fraction of sp³-hybridized carbons (Fsp3) is 0.0213. The summed E-state index contributed by atoms with van der Waals surface area (Å²) in [4.78, 5) is 10.4. The maximum absolute atomic E-state index is 6.49. The second kappa shape index (κ2) is 11.3. The molecule has 1 atom stereocenters. The molecule has 5 heteroatoms. The number of rotatable bonds is 4. The van der Waals surface area contributed by atoms with Gasteiger partial charge in [-0.05, 0) is 69.1 Å². The molecule has 0 radical (unpaired) electrons. The second-order valence-corrected chi connectivity index (χ2v) is 13.4. The minimum Gasteiger partial charge on any atom is -0.456 e. The normalized spacial score (nSPS) is 14.7. The molecular formula is C47H29N3O2. The highest BCUT2D eigenvalue weighted by Gasteiger charge is 2.26. The highest BCUT2D eigenvalue weighted by atomic mass is 16.3. The van der Waals surface area contributed by atoms with Gasteiger partial charge in [-0.15, -0.1) is 0 Å². The maximum atomic E-state index is 6.49. The minimum atomic E-state index is -0.440. The van der Waals surface area contributed by atoms with Crippen LogP contribution in [0, 0.1) is 0 Å². The Hall–Kier alpha value is -6.98. The summed E-state index contributed by atoms with van der Waals surface area (Å²) >= 11 is 0. The van der Waals surface area contributed by atoms with Crippen LogP contribution in [0.3, 0.4) is 0 Å². The minimum absolute atomic E-state index is 0.440. The lowest BCUT2D eigenvalue weighted by Gasteiger charge is -2.24. The molecule has 52 heavy (non-hydrogen) atoms. The number of aliphatic imine (C=N–C) groups is 2. The highest BCUT2D eigenvalue weighted by molar-refractivity contribution is 6.20. The first-order valence-electron chi connectivity index (χ1n) is 17.5. The molecule has 11 rings (SSSR count). The van der Waals surface area contributed by atoms with Crippen LogP contribution in [0.2, 0.25) is 0 Å². The van der Waals surface area contributed by atoms with Gasteiger partial charge in [0.15, 0.2) is 5.84 Å². The van der Waals surface area contributed by atoms with Crippen molar-refractivity contribution in [1.82, 2.24) is 5.32 Å². The average molecular weight is 668 g/mol. The van der Waals surface area contributed by atoms with E-state index in [1.807, 2.05) is 48.5 Å². The molecule has 0 bridgehead atoms. The van der Waals surface area contributed by atoms with Crippen molar-refractivity contribution in [3.8, 4) is 11.1 Å². The number of benzene rings is 8. The monoisotopic (exact) mass is 667 g/mol. The number of hydrogen-bond acceptors (Lipinski definition) is 5. The first-order chi connectivity index (χ1) is 25.7. The molecule has 5 nitrogen and oxygen atoms in total. The van der Waals surface area contributed by atoms with E-state index >= 15 is 0 Å². The van der Waals surface area contributed by atoms with Crippen LogP contribution in [0.4, 0.5) is 0 Å². The molecule has 0 saturated heterocycles. The van der Waals surface area contributed by atoms with Gasteiger partial charge >= 0.3 is 0 Å². The zero-order valence-corrected chi connectivity index (χ0v) is 27.9. The quantitative estimate of drug-likeness (QED) is 0.190. The van der Waals surface area contributed by atoms with E-state index in [1.54, 1.807) is 0 Å².